The first-order valence-corrected chi connectivity index (χ1v) is 8.74. The fraction of sp³-hybridized carbons (Fsp3) is 0.688. The number of thioether (sulfide) groups is 1. The highest BCUT2D eigenvalue weighted by Gasteiger charge is 2.18. The Balaban J connectivity index is 2.18. The summed E-state index contributed by atoms with van der Waals surface area (Å²) in [6, 6.07) is 2.20. The molecule has 1 aromatic heterocycles. The number of nitrogens with one attached hydrogen (secondary N) is 1. The van der Waals surface area contributed by atoms with E-state index in [2.05, 4.69) is 44.0 Å². The molecular weight excluding hydrogens is 266 g/mol. The van der Waals surface area contributed by atoms with Crippen LogP contribution in [0, 0.1) is 19.8 Å². The molecule has 112 valence electrons. The van der Waals surface area contributed by atoms with Gasteiger partial charge in [-0.3, -0.25) is 0 Å². The number of hydrogen-bond donors (Lipinski definition) is 1. The second-order valence-corrected chi connectivity index (χ2v) is 7.23. The molecule has 2 heterocycles. The molecule has 1 N–H and O–H groups in total. The van der Waals surface area contributed by atoms with Crippen molar-refractivity contribution in [2.24, 2.45) is 5.92 Å². The highest BCUT2D eigenvalue weighted by atomic mass is 32.2. The Kier molecular flexibility index (Phi) is 5.73. The van der Waals surface area contributed by atoms with Gasteiger partial charge in [-0.15, -0.1) is 0 Å². The predicted molar refractivity (Wildman–Crippen MR) is 89.8 cm³/mol. The molecule has 0 saturated carbocycles. The molecule has 0 aromatic carbocycles. The van der Waals surface area contributed by atoms with Gasteiger partial charge in [0.25, 0.3) is 0 Å². The van der Waals surface area contributed by atoms with Crippen LogP contribution in [-0.2, 0) is 6.54 Å². The molecule has 0 amide bonds. The van der Waals surface area contributed by atoms with E-state index in [0.29, 0.717) is 5.92 Å². The lowest BCUT2D eigenvalue weighted by atomic mass is 10.1. The quantitative estimate of drug-likeness (QED) is 0.903. The van der Waals surface area contributed by atoms with Gasteiger partial charge in [-0.1, -0.05) is 13.8 Å². The van der Waals surface area contributed by atoms with Crippen LogP contribution in [0.25, 0.3) is 0 Å². The van der Waals surface area contributed by atoms with Crippen LogP contribution in [0.5, 0.6) is 0 Å². The van der Waals surface area contributed by atoms with Gasteiger partial charge < -0.3 is 10.2 Å². The van der Waals surface area contributed by atoms with Gasteiger partial charge in [0, 0.05) is 42.4 Å². The second-order valence-electron chi connectivity index (χ2n) is 6.01. The lowest BCUT2D eigenvalue weighted by molar-refractivity contribution is 0.550. The van der Waals surface area contributed by atoms with Gasteiger partial charge in [-0.25, -0.2) is 4.98 Å². The van der Waals surface area contributed by atoms with Gasteiger partial charge in [-0.05, 0) is 37.9 Å². The van der Waals surface area contributed by atoms with E-state index in [0.717, 1.165) is 31.9 Å². The average Bonchev–Trinajstić information content (AvgIpc) is 2.41. The topological polar surface area (TPSA) is 28.2 Å². The summed E-state index contributed by atoms with van der Waals surface area (Å²) in [7, 11) is 0. The fourth-order valence-electron chi connectivity index (χ4n) is 2.58. The number of rotatable bonds is 5. The van der Waals surface area contributed by atoms with Gasteiger partial charge in [-0.2, -0.15) is 11.8 Å². The van der Waals surface area contributed by atoms with Gasteiger partial charge in [0.2, 0.25) is 0 Å². The van der Waals surface area contributed by atoms with E-state index in [9.17, 15) is 0 Å². The van der Waals surface area contributed by atoms with E-state index in [1.807, 2.05) is 11.8 Å². The Bertz CT molecular complexity index is 440. The molecule has 0 spiro atoms. The maximum atomic E-state index is 4.83. The van der Waals surface area contributed by atoms with Gasteiger partial charge in [0.15, 0.2) is 0 Å². The Morgan fingerprint density at radius 3 is 2.65 bits per heavy atom. The molecule has 1 fully saturated rings. The molecule has 0 radical (unpaired) electrons. The summed E-state index contributed by atoms with van der Waals surface area (Å²) in [5.74, 6) is 4.32. The van der Waals surface area contributed by atoms with Crippen molar-refractivity contribution in [3.63, 3.8) is 0 Å². The molecule has 1 aromatic rings. The first-order chi connectivity index (χ1) is 9.58. The average molecular weight is 293 g/mol. The third-order valence-corrected chi connectivity index (χ3v) is 4.56. The maximum absolute atomic E-state index is 4.83. The molecule has 1 aliphatic rings. The van der Waals surface area contributed by atoms with Crippen LogP contribution in [0.15, 0.2) is 6.07 Å². The van der Waals surface area contributed by atoms with Crippen LogP contribution < -0.4 is 10.2 Å². The third-order valence-electron chi connectivity index (χ3n) is 3.62. The van der Waals surface area contributed by atoms with E-state index in [4.69, 9.17) is 4.98 Å². The second kappa shape index (κ2) is 7.32. The summed E-state index contributed by atoms with van der Waals surface area (Å²) >= 11 is 2.04. The van der Waals surface area contributed by atoms with E-state index >= 15 is 0 Å². The molecule has 0 unspecified atom stereocenters. The number of hydrogen-bond acceptors (Lipinski definition) is 4. The van der Waals surface area contributed by atoms with Crippen LogP contribution in [0.3, 0.4) is 0 Å². The zero-order valence-electron chi connectivity index (χ0n) is 13.2. The van der Waals surface area contributed by atoms with Gasteiger partial charge >= 0.3 is 0 Å². The summed E-state index contributed by atoms with van der Waals surface area (Å²) in [6.07, 6.45) is 0. The summed E-state index contributed by atoms with van der Waals surface area (Å²) in [5, 5.41) is 3.57. The van der Waals surface area contributed by atoms with Crippen molar-refractivity contribution in [1.29, 1.82) is 0 Å². The fourth-order valence-corrected chi connectivity index (χ4v) is 3.49. The third kappa shape index (κ3) is 4.13. The molecule has 2 rings (SSSR count). The number of aryl methyl sites for hydroxylation is 2. The summed E-state index contributed by atoms with van der Waals surface area (Å²) in [4.78, 5) is 7.29. The molecular formula is C16H27N3S. The lowest BCUT2D eigenvalue weighted by Crippen LogP contribution is -2.35. The maximum Gasteiger partial charge on any atom is 0.133 e. The molecule has 0 aliphatic carbocycles. The number of aromatic nitrogens is 1. The summed E-state index contributed by atoms with van der Waals surface area (Å²) in [6.45, 7) is 13.0. The Labute approximate surface area is 127 Å². The Morgan fingerprint density at radius 1 is 1.30 bits per heavy atom. The van der Waals surface area contributed by atoms with Crippen molar-refractivity contribution in [3.8, 4) is 0 Å². The van der Waals surface area contributed by atoms with Crippen LogP contribution in [-0.4, -0.2) is 36.1 Å². The number of anilines is 1. The molecule has 4 heteroatoms. The zero-order valence-corrected chi connectivity index (χ0v) is 14.0. The van der Waals surface area contributed by atoms with Crippen molar-refractivity contribution in [2.45, 2.75) is 34.2 Å². The molecule has 1 aliphatic heterocycles. The highest BCUT2D eigenvalue weighted by molar-refractivity contribution is 7.99. The molecule has 3 nitrogen and oxygen atoms in total. The van der Waals surface area contributed by atoms with Crippen molar-refractivity contribution in [2.75, 3.05) is 36.0 Å². The van der Waals surface area contributed by atoms with Crippen LogP contribution >= 0.6 is 11.8 Å². The van der Waals surface area contributed by atoms with Gasteiger partial charge in [0.05, 0.1) is 0 Å². The predicted octanol–water partition coefficient (Wildman–Crippen LogP) is 3.00. The SMILES string of the molecule is Cc1cc(C)c(CNCC(C)C)c(N2CCSCC2)n1. The van der Waals surface area contributed by atoms with Gasteiger partial charge in [0.1, 0.15) is 5.82 Å². The minimum absolute atomic E-state index is 0.684. The van der Waals surface area contributed by atoms with Crippen LogP contribution in [0.1, 0.15) is 30.7 Å². The zero-order chi connectivity index (χ0) is 14.5. The Hall–Kier alpha value is -0.740. The van der Waals surface area contributed by atoms with Crippen LogP contribution in [0.4, 0.5) is 5.82 Å². The monoisotopic (exact) mass is 293 g/mol. The molecule has 1 saturated heterocycles. The first kappa shape index (κ1) is 15.6. The van der Waals surface area contributed by atoms with Crippen molar-refractivity contribution in [1.82, 2.24) is 10.3 Å². The van der Waals surface area contributed by atoms with Crippen molar-refractivity contribution in [3.05, 3.63) is 22.9 Å². The number of pyridine rings is 1. The van der Waals surface area contributed by atoms with E-state index < -0.39 is 0 Å². The van der Waals surface area contributed by atoms with Crippen molar-refractivity contribution < 1.29 is 0 Å². The smallest absolute Gasteiger partial charge is 0.133 e. The highest BCUT2D eigenvalue weighted by Crippen LogP contribution is 2.25. The molecule has 0 atom stereocenters. The largest absolute Gasteiger partial charge is 0.355 e. The van der Waals surface area contributed by atoms with Crippen molar-refractivity contribution >= 4 is 17.6 Å². The first-order valence-electron chi connectivity index (χ1n) is 7.58. The molecule has 20 heavy (non-hydrogen) atoms. The molecule has 0 bridgehead atoms. The Morgan fingerprint density at radius 2 is 2.00 bits per heavy atom. The van der Waals surface area contributed by atoms with E-state index in [1.165, 1.54) is 28.5 Å². The van der Waals surface area contributed by atoms with Crippen LogP contribution in [0.2, 0.25) is 0 Å². The summed E-state index contributed by atoms with van der Waals surface area (Å²) < 4.78 is 0. The van der Waals surface area contributed by atoms with E-state index in [1.54, 1.807) is 0 Å². The standard InChI is InChI=1S/C16H27N3S/c1-12(2)10-17-11-15-13(3)9-14(4)18-16(15)19-5-7-20-8-6-19/h9,12,17H,5-8,10-11H2,1-4H3. The normalized spacial score (nSPS) is 15.9. The number of nitrogens with zero attached hydrogens (tertiary/aromatic N) is 2. The summed E-state index contributed by atoms with van der Waals surface area (Å²) in [5.41, 5.74) is 3.87. The minimum atomic E-state index is 0.684. The minimum Gasteiger partial charge on any atom is -0.355 e. The van der Waals surface area contributed by atoms with E-state index in [-0.39, 0.29) is 0 Å². The lowest BCUT2D eigenvalue weighted by Gasteiger charge is -2.30.